The number of rotatable bonds is 5. The van der Waals surface area contributed by atoms with Gasteiger partial charge in [0.2, 0.25) is 0 Å². The summed E-state index contributed by atoms with van der Waals surface area (Å²) in [5.41, 5.74) is 2.53. The third kappa shape index (κ3) is 4.82. The molecule has 2 aromatic rings. The largest absolute Gasteiger partial charge is 0.484 e. The molecule has 0 spiro atoms. The molecule has 2 aromatic carbocycles. The third-order valence-corrected chi connectivity index (χ3v) is 2.78. The first-order valence-electron chi connectivity index (χ1n) is 6.20. The van der Waals surface area contributed by atoms with E-state index >= 15 is 0 Å². The third-order valence-electron chi connectivity index (χ3n) is 2.53. The maximum Gasteiger partial charge on any atom is 0.277 e. The maximum atomic E-state index is 12.9. The highest BCUT2D eigenvalue weighted by molar-refractivity contribution is 6.30. The van der Waals surface area contributed by atoms with Crippen molar-refractivity contribution in [1.82, 2.24) is 5.43 Å². The molecule has 0 fully saturated rings. The number of benzene rings is 2. The van der Waals surface area contributed by atoms with E-state index in [0.29, 0.717) is 16.3 Å². The number of ether oxygens (including phenoxy) is 1. The van der Waals surface area contributed by atoms with Gasteiger partial charge in [-0.15, -0.1) is 0 Å². The molecule has 7 heteroatoms. The molecule has 2 rings (SSSR count). The molecule has 0 saturated carbocycles. The van der Waals surface area contributed by atoms with Crippen LogP contribution in [-0.2, 0) is 4.79 Å². The fraction of sp³-hybridized carbons (Fsp3) is 0.0667. The summed E-state index contributed by atoms with van der Waals surface area (Å²) >= 11 is 5.72. The number of amides is 1. The minimum absolute atomic E-state index is 0.239. The second-order valence-corrected chi connectivity index (χ2v) is 4.65. The Morgan fingerprint density at radius 1 is 1.18 bits per heavy atom. The zero-order valence-electron chi connectivity index (χ0n) is 11.2. The lowest BCUT2D eigenvalue weighted by Gasteiger charge is -2.04. The first kappa shape index (κ1) is 15.9. The second-order valence-electron chi connectivity index (χ2n) is 4.21. The number of halogens is 3. The van der Waals surface area contributed by atoms with Gasteiger partial charge in [0.15, 0.2) is 18.2 Å². The molecule has 114 valence electrons. The van der Waals surface area contributed by atoms with Gasteiger partial charge in [-0.25, -0.2) is 14.2 Å². The van der Waals surface area contributed by atoms with Crippen LogP contribution in [0.2, 0.25) is 5.02 Å². The number of nitrogens with zero attached hydrogens (tertiary/aromatic N) is 1. The van der Waals surface area contributed by atoms with Gasteiger partial charge >= 0.3 is 0 Å². The number of hydrogen-bond donors (Lipinski definition) is 1. The molecular formula is C15H11ClF2N2O2. The number of nitrogens with one attached hydrogen (secondary N) is 1. The van der Waals surface area contributed by atoms with Gasteiger partial charge in [-0.1, -0.05) is 17.7 Å². The summed E-state index contributed by atoms with van der Waals surface area (Å²) < 4.78 is 30.9. The van der Waals surface area contributed by atoms with Gasteiger partial charge in [0.05, 0.1) is 6.21 Å². The molecule has 0 aliphatic rings. The van der Waals surface area contributed by atoms with Gasteiger partial charge in [-0.05, 0) is 42.0 Å². The van der Waals surface area contributed by atoms with E-state index in [0.717, 1.165) is 12.1 Å². The van der Waals surface area contributed by atoms with Crippen molar-refractivity contribution in [1.29, 1.82) is 0 Å². The standard InChI is InChI=1S/C15H11ClF2N2O2/c16-11-2-4-12(5-3-11)22-9-15(21)20-19-8-10-1-6-13(17)14(18)7-10/h1-8H,9H2,(H,20,21)/b19-8-. The summed E-state index contributed by atoms with van der Waals surface area (Å²) in [5, 5.41) is 4.19. The van der Waals surface area contributed by atoms with Crippen LogP contribution in [0.3, 0.4) is 0 Å². The summed E-state index contributed by atoms with van der Waals surface area (Å²) in [6.45, 7) is -0.239. The quantitative estimate of drug-likeness (QED) is 0.678. The zero-order chi connectivity index (χ0) is 15.9. The van der Waals surface area contributed by atoms with Crippen molar-refractivity contribution in [3.8, 4) is 5.75 Å². The summed E-state index contributed by atoms with van der Waals surface area (Å²) in [4.78, 5) is 11.5. The van der Waals surface area contributed by atoms with Crippen molar-refractivity contribution in [2.24, 2.45) is 5.10 Å². The van der Waals surface area contributed by atoms with Crippen LogP contribution < -0.4 is 10.2 Å². The van der Waals surface area contributed by atoms with E-state index in [1.54, 1.807) is 24.3 Å². The van der Waals surface area contributed by atoms with Crippen molar-refractivity contribution >= 4 is 23.7 Å². The fourth-order valence-electron chi connectivity index (χ4n) is 1.48. The molecule has 0 aromatic heterocycles. The highest BCUT2D eigenvalue weighted by Crippen LogP contribution is 2.15. The van der Waals surface area contributed by atoms with E-state index in [1.807, 2.05) is 0 Å². The van der Waals surface area contributed by atoms with Crippen LogP contribution in [0, 0.1) is 11.6 Å². The lowest BCUT2D eigenvalue weighted by molar-refractivity contribution is -0.123. The summed E-state index contributed by atoms with van der Waals surface area (Å²) in [6, 6.07) is 9.79. The van der Waals surface area contributed by atoms with Crippen LogP contribution in [0.4, 0.5) is 8.78 Å². The lowest BCUT2D eigenvalue weighted by atomic mass is 10.2. The van der Waals surface area contributed by atoms with Crippen molar-refractivity contribution in [2.45, 2.75) is 0 Å². The molecule has 0 unspecified atom stereocenters. The Labute approximate surface area is 130 Å². The second kappa shape index (κ2) is 7.51. The van der Waals surface area contributed by atoms with E-state index in [9.17, 15) is 13.6 Å². The van der Waals surface area contributed by atoms with Crippen molar-refractivity contribution in [3.05, 3.63) is 64.7 Å². The molecule has 0 aliphatic carbocycles. The first-order valence-corrected chi connectivity index (χ1v) is 6.58. The number of hydrogen-bond acceptors (Lipinski definition) is 3. The van der Waals surface area contributed by atoms with Gasteiger partial charge in [0, 0.05) is 5.02 Å². The monoisotopic (exact) mass is 324 g/mol. The number of hydrazone groups is 1. The molecule has 0 atom stereocenters. The van der Waals surface area contributed by atoms with Crippen molar-refractivity contribution < 1.29 is 18.3 Å². The van der Waals surface area contributed by atoms with Gasteiger partial charge in [-0.2, -0.15) is 5.10 Å². The molecule has 0 saturated heterocycles. The molecule has 0 aliphatic heterocycles. The Morgan fingerprint density at radius 2 is 1.91 bits per heavy atom. The molecule has 0 bridgehead atoms. The Morgan fingerprint density at radius 3 is 2.59 bits per heavy atom. The summed E-state index contributed by atoms with van der Waals surface area (Å²) in [5.74, 6) is -1.93. The Kier molecular flexibility index (Phi) is 5.43. The molecule has 1 N–H and O–H groups in total. The Balaban J connectivity index is 1.80. The van der Waals surface area contributed by atoms with Crippen molar-refractivity contribution in [2.75, 3.05) is 6.61 Å². The van der Waals surface area contributed by atoms with Gasteiger partial charge < -0.3 is 4.74 Å². The Bertz CT molecular complexity index is 690. The summed E-state index contributed by atoms with van der Waals surface area (Å²) in [7, 11) is 0. The average Bonchev–Trinajstić information content (AvgIpc) is 2.50. The van der Waals surface area contributed by atoms with Crippen LogP contribution in [0.5, 0.6) is 5.75 Å². The van der Waals surface area contributed by atoms with Gasteiger partial charge in [0.25, 0.3) is 5.91 Å². The van der Waals surface area contributed by atoms with E-state index in [2.05, 4.69) is 10.5 Å². The molecular weight excluding hydrogens is 314 g/mol. The highest BCUT2D eigenvalue weighted by atomic mass is 35.5. The Hall–Kier alpha value is -2.47. The minimum Gasteiger partial charge on any atom is -0.484 e. The van der Waals surface area contributed by atoms with Gasteiger partial charge in [0.1, 0.15) is 5.75 Å². The fourth-order valence-corrected chi connectivity index (χ4v) is 1.61. The van der Waals surface area contributed by atoms with Crippen LogP contribution >= 0.6 is 11.6 Å². The highest BCUT2D eigenvalue weighted by Gasteiger charge is 2.02. The number of carbonyl (C=O) groups excluding carboxylic acids is 1. The van der Waals surface area contributed by atoms with E-state index in [4.69, 9.17) is 16.3 Å². The zero-order valence-corrected chi connectivity index (χ0v) is 12.0. The normalized spacial score (nSPS) is 10.7. The lowest BCUT2D eigenvalue weighted by Crippen LogP contribution is -2.24. The predicted octanol–water partition coefficient (Wildman–Crippen LogP) is 3.15. The topological polar surface area (TPSA) is 50.7 Å². The van der Waals surface area contributed by atoms with Crippen molar-refractivity contribution in [3.63, 3.8) is 0 Å². The molecule has 4 nitrogen and oxygen atoms in total. The van der Waals surface area contributed by atoms with Crippen LogP contribution in [0.25, 0.3) is 0 Å². The van der Waals surface area contributed by atoms with Crippen LogP contribution in [-0.4, -0.2) is 18.7 Å². The average molecular weight is 325 g/mol. The van der Waals surface area contributed by atoms with E-state index in [-0.39, 0.29) is 6.61 Å². The predicted molar refractivity (Wildman–Crippen MR) is 79.0 cm³/mol. The molecule has 0 heterocycles. The van der Waals surface area contributed by atoms with Crippen LogP contribution in [0.1, 0.15) is 5.56 Å². The number of carbonyl (C=O) groups is 1. The molecule has 1 amide bonds. The smallest absolute Gasteiger partial charge is 0.277 e. The minimum atomic E-state index is -0.985. The van der Waals surface area contributed by atoms with E-state index in [1.165, 1.54) is 12.3 Å². The molecule has 22 heavy (non-hydrogen) atoms. The van der Waals surface area contributed by atoms with Crippen LogP contribution in [0.15, 0.2) is 47.6 Å². The van der Waals surface area contributed by atoms with Gasteiger partial charge in [-0.3, -0.25) is 4.79 Å². The maximum absolute atomic E-state index is 12.9. The molecule has 0 radical (unpaired) electrons. The summed E-state index contributed by atoms with van der Waals surface area (Å²) in [6.07, 6.45) is 1.20. The van der Waals surface area contributed by atoms with E-state index < -0.39 is 17.5 Å². The first-order chi connectivity index (χ1) is 10.5. The SMILES string of the molecule is O=C(COc1ccc(Cl)cc1)N/N=C\c1ccc(F)c(F)c1.